The summed E-state index contributed by atoms with van der Waals surface area (Å²) in [4.78, 5) is 28.6. The molecule has 0 spiro atoms. The number of nitrogens with zero attached hydrogens (tertiary/aromatic N) is 2. The summed E-state index contributed by atoms with van der Waals surface area (Å²) in [5.41, 5.74) is 2.68. The topological polar surface area (TPSA) is 86.8 Å². The summed E-state index contributed by atoms with van der Waals surface area (Å²) in [5, 5.41) is 3.65. The molecule has 1 N–H and O–H groups in total. The molecule has 10 heteroatoms. The van der Waals surface area contributed by atoms with Crippen molar-refractivity contribution < 1.29 is 18.0 Å². The Labute approximate surface area is 253 Å². The van der Waals surface area contributed by atoms with Gasteiger partial charge in [0, 0.05) is 23.1 Å². The number of unbranched alkanes of at least 4 members (excludes halogenated alkanes) is 1. The van der Waals surface area contributed by atoms with Gasteiger partial charge in [-0.2, -0.15) is 0 Å². The second-order valence-electron chi connectivity index (χ2n) is 9.88. The lowest BCUT2D eigenvalue weighted by Crippen LogP contribution is -2.51. The van der Waals surface area contributed by atoms with Crippen LogP contribution in [0.3, 0.4) is 0 Å². The molecule has 0 bridgehead atoms. The van der Waals surface area contributed by atoms with Gasteiger partial charge in [0.25, 0.3) is 10.0 Å². The Morgan fingerprint density at radius 3 is 2.27 bits per heavy atom. The Hall–Kier alpha value is -3.07. The number of para-hydroxylation sites is 1. The summed E-state index contributed by atoms with van der Waals surface area (Å²) in [6.45, 7) is 7.40. The van der Waals surface area contributed by atoms with Crippen molar-refractivity contribution in [1.29, 1.82) is 0 Å². The molecule has 3 aromatic rings. The third-order valence-corrected chi connectivity index (χ3v) is 9.24. The van der Waals surface area contributed by atoms with Crippen molar-refractivity contribution in [2.24, 2.45) is 0 Å². The molecule has 2 amide bonds. The maximum atomic E-state index is 14.1. The van der Waals surface area contributed by atoms with Crippen LogP contribution in [0.15, 0.2) is 71.6 Å². The molecule has 1 atom stereocenters. The molecule has 220 valence electrons. The van der Waals surface area contributed by atoms with Gasteiger partial charge in [-0.15, -0.1) is 0 Å². The molecule has 0 aromatic heterocycles. The Kier molecular flexibility index (Phi) is 11.6. The van der Waals surface area contributed by atoms with Crippen LogP contribution in [-0.2, 0) is 32.6 Å². The summed E-state index contributed by atoms with van der Waals surface area (Å²) in [7, 11) is -4.14. The zero-order valence-electron chi connectivity index (χ0n) is 23.9. The monoisotopic (exact) mass is 617 g/mol. The fourth-order valence-corrected chi connectivity index (χ4v) is 6.28. The first-order valence-electron chi connectivity index (χ1n) is 13.7. The SMILES string of the molecule is CCCCNC(=O)C(C)N(Cc1ccc(Cl)cc1Cl)C(=O)CN(c1ccccc1CC)S(=O)(=O)c1ccc(C)cc1. The van der Waals surface area contributed by atoms with E-state index in [0.29, 0.717) is 34.3 Å². The van der Waals surface area contributed by atoms with E-state index in [4.69, 9.17) is 23.2 Å². The van der Waals surface area contributed by atoms with Crippen molar-refractivity contribution in [3.05, 3.63) is 93.5 Å². The smallest absolute Gasteiger partial charge is 0.264 e. The van der Waals surface area contributed by atoms with Gasteiger partial charge in [0.2, 0.25) is 11.8 Å². The average molecular weight is 619 g/mol. The van der Waals surface area contributed by atoms with E-state index in [-0.39, 0.29) is 17.3 Å². The standard InChI is InChI=1S/C31H37Cl2N3O4S/c1-5-7-18-34-31(38)23(4)35(20-25-14-15-26(32)19-28(25)33)30(37)21-36(29-11-9-8-10-24(29)6-2)41(39,40)27-16-12-22(3)13-17-27/h8-17,19,23H,5-7,18,20-21H2,1-4H3,(H,34,38). The van der Waals surface area contributed by atoms with Crippen LogP contribution >= 0.6 is 23.2 Å². The number of sulfonamides is 1. The van der Waals surface area contributed by atoms with Crippen molar-refractivity contribution in [2.75, 3.05) is 17.4 Å². The average Bonchev–Trinajstić information content (AvgIpc) is 2.95. The maximum absolute atomic E-state index is 14.1. The van der Waals surface area contributed by atoms with Crippen LogP contribution in [0.2, 0.25) is 10.0 Å². The van der Waals surface area contributed by atoms with E-state index in [2.05, 4.69) is 5.32 Å². The van der Waals surface area contributed by atoms with Crippen molar-refractivity contribution in [3.8, 4) is 0 Å². The largest absolute Gasteiger partial charge is 0.354 e. The van der Waals surface area contributed by atoms with Gasteiger partial charge in [0.1, 0.15) is 12.6 Å². The van der Waals surface area contributed by atoms with E-state index in [1.165, 1.54) is 17.0 Å². The molecule has 0 aliphatic carbocycles. The van der Waals surface area contributed by atoms with Gasteiger partial charge in [-0.1, -0.05) is 85.4 Å². The zero-order valence-corrected chi connectivity index (χ0v) is 26.2. The van der Waals surface area contributed by atoms with Gasteiger partial charge in [0.15, 0.2) is 0 Å². The highest BCUT2D eigenvalue weighted by Crippen LogP contribution is 2.29. The van der Waals surface area contributed by atoms with Gasteiger partial charge in [-0.05, 0) is 68.1 Å². The fourth-order valence-electron chi connectivity index (χ4n) is 4.36. The molecule has 0 aliphatic rings. The van der Waals surface area contributed by atoms with Gasteiger partial charge in [0.05, 0.1) is 10.6 Å². The molecule has 0 radical (unpaired) electrons. The molecule has 3 rings (SSSR count). The number of amides is 2. The molecular formula is C31H37Cl2N3O4S. The number of halogens is 2. The molecular weight excluding hydrogens is 581 g/mol. The minimum atomic E-state index is -4.14. The van der Waals surface area contributed by atoms with Crippen LogP contribution in [0.25, 0.3) is 0 Å². The lowest BCUT2D eigenvalue weighted by Gasteiger charge is -2.32. The van der Waals surface area contributed by atoms with Crippen LogP contribution in [0.5, 0.6) is 0 Å². The Morgan fingerprint density at radius 2 is 1.63 bits per heavy atom. The van der Waals surface area contributed by atoms with E-state index < -0.39 is 28.5 Å². The summed E-state index contributed by atoms with van der Waals surface area (Å²) in [6, 6.07) is 17.6. The van der Waals surface area contributed by atoms with E-state index >= 15 is 0 Å². The van der Waals surface area contributed by atoms with Crippen molar-refractivity contribution in [1.82, 2.24) is 10.2 Å². The predicted molar refractivity (Wildman–Crippen MR) is 166 cm³/mol. The highest BCUT2D eigenvalue weighted by atomic mass is 35.5. The van der Waals surface area contributed by atoms with Crippen molar-refractivity contribution in [3.63, 3.8) is 0 Å². The van der Waals surface area contributed by atoms with Gasteiger partial charge in [-0.25, -0.2) is 8.42 Å². The number of anilines is 1. The highest BCUT2D eigenvalue weighted by molar-refractivity contribution is 7.92. The minimum absolute atomic E-state index is 0.00889. The number of rotatable bonds is 13. The molecule has 0 saturated carbocycles. The number of carbonyl (C=O) groups excluding carboxylic acids is 2. The number of hydrogen-bond acceptors (Lipinski definition) is 4. The number of aryl methyl sites for hydroxylation is 2. The first kappa shape index (κ1) is 32.4. The molecule has 0 fully saturated rings. The molecule has 0 heterocycles. The normalized spacial score (nSPS) is 12.0. The summed E-state index contributed by atoms with van der Waals surface area (Å²) in [5.74, 6) is -0.880. The Morgan fingerprint density at radius 1 is 0.951 bits per heavy atom. The third-order valence-electron chi connectivity index (χ3n) is 6.88. The third kappa shape index (κ3) is 8.24. The van der Waals surface area contributed by atoms with Crippen LogP contribution in [0.1, 0.15) is 50.3 Å². The number of benzene rings is 3. The molecule has 7 nitrogen and oxygen atoms in total. The minimum Gasteiger partial charge on any atom is -0.354 e. The lowest BCUT2D eigenvalue weighted by molar-refractivity contribution is -0.139. The van der Waals surface area contributed by atoms with Crippen LogP contribution in [0, 0.1) is 6.92 Å². The number of hydrogen-bond donors (Lipinski definition) is 1. The zero-order chi connectivity index (χ0) is 30.2. The van der Waals surface area contributed by atoms with E-state index in [1.54, 1.807) is 49.4 Å². The molecule has 0 aliphatic heterocycles. The second-order valence-corrected chi connectivity index (χ2v) is 12.6. The Balaban J connectivity index is 2.06. The lowest BCUT2D eigenvalue weighted by atomic mass is 10.1. The van der Waals surface area contributed by atoms with E-state index in [9.17, 15) is 18.0 Å². The molecule has 1 unspecified atom stereocenters. The summed E-state index contributed by atoms with van der Waals surface area (Å²) in [6.07, 6.45) is 2.26. The number of carbonyl (C=O) groups is 2. The highest BCUT2D eigenvalue weighted by Gasteiger charge is 2.33. The fraction of sp³-hybridized carbons (Fsp3) is 0.355. The van der Waals surface area contributed by atoms with Gasteiger partial charge < -0.3 is 10.2 Å². The maximum Gasteiger partial charge on any atom is 0.264 e. The molecule has 3 aromatic carbocycles. The number of nitrogens with one attached hydrogen (secondary N) is 1. The second kappa shape index (κ2) is 14.7. The van der Waals surface area contributed by atoms with Crippen LogP contribution in [-0.4, -0.2) is 44.3 Å². The first-order valence-corrected chi connectivity index (χ1v) is 15.9. The van der Waals surface area contributed by atoms with Crippen molar-refractivity contribution >= 4 is 50.7 Å². The van der Waals surface area contributed by atoms with Gasteiger partial charge in [-0.3, -0.25) is 13.9 Å². The summed E-state index contributed by atoms with van der Waals surface area (Å²) < 4.78 is 29.2. The van der Waals surface area contributed by atoms with Crippen LogP contribution in [0.4, 0.5) is 5.69 Å². The predicted octanol–water partition coefficient (Wildman–Crippen LogP) is 6.39. The van der Waals surface area contributed by atoms with E-state index in [1.807, 2.05) is 32.9 Å². The summed E-state index contributed by atoms with van der Waals surface area (Å²) >= 11 is 12.5. The quantitative estimate of drug-likeness (QED) is 0.225. The van der Waals surface area contributed by atoms with Crippen LogP contribution < -0.4 is 9.62 Å². The van der Waals surface area contributed by atoms with Crippen molar-refractivity contribution in [2.45, 2.75) is 64.4 Å². The Bertz CT molecular complexity index is 1460. The first-order chi connectivity index (χ1) is 19.5. The van der Waals surface area contributed by atoms with Gasteiger partial charge >= 0.3 is 0 Å². The molecule has 0 saturated heterocycles. The van der Waals surface area contributed by atoms with E-state index in [0.717, 1.165) is 28.3 Å². The molecule has 41 heavy (non-hydrogen) atoms.